The second-order valence-corrected chi connectivity index (χ2v) is 8.95. The van der Waals surface area contributed by atoms with E-state index in [9.17, 15) is 9.59 Å². The lowest BCUT2D eigenvalue weighted by Gasteiger charge is -2.42. The number of nitrogens with zero attached hydrogens (tertiary/aromatic N) is 3. The number of imide groups is 1. The highest BCUT2D eigenvalue weighted by Gasteiger charge is 2.43. The van der Waals surface area contributed by atoms with Gasteiger partial charge in [-0.15, -0.1) is 0 Å². The summed E-state index contributed by atoms with van der Waals surface area (Å²) < 4.78 is 5.47. The van der Waals surface area contributed by atoms with Crippen LogP contribution in [0.2, 0.25) is 0 Å². The first kappa shape index (κ1) is 21.2. The van der Waals surface area contributed by atoms with Crippen LogP contribution in [0.3, 0.4) is 0 Å². The van der Waals surface area contributed by atoms with Crippen LogP contribution in [0.1, 0.15) is 30.9 Å². The zero-order chi connectivity index (χ0) is 22.1. The molecule has 0 aromatic heterocycles. The van der Waals surface area contributed by atoms with E-state index in [1.165, 1.54) is 22.4 Å². The van der Waals surface area contributed by atoms with Crippen molar-refractivity contribution in [3.05, 3.63) is 59.7 Å². The van der Waals surface area contributed by atoms with Crippen LogP contribution in [0.15, 0.2) is 48.5 Å². The zero-order valence-electron chi connectivity index (χ0n) is 18.7. The van der Waals surface area contributed by atoms with E-state index in [-0.39, 0.29) is 24.3 Å². The summed E-state index contributed by atoms with van der Waals surface area (Å²) in [5.41, 5.74) is 3.60. The third-order valence-corrected chi connectivity index (χ3v) is 7.16. The lowest BCUT2D eigenvalue weighted by molar-refractivity contribution is -0.123. The largest absolute Gasteiger partial charge is 0.494 e. The standard InChI is InChI=1S/C26H31N3O3/c1-2-32-23-11-9-21(10-12-23)29-25(30)18-24(26(29)31)28-15-13-27(14-16-28)22-8-7-19-5-3-4-6-20(19)17-22/h3-6,9-12,22,24H,2,7-8,13-18H2,1H3/t22-,24+/m0/s1. The average Bonchev–Trinajstić information content (AvgIpc) is 3.13. The summed E-state index contributed by atoms with van der Waals surface area (Å²) in [7, 11) is 0. The van der Waals surface area contributed by atoms with Crippen LogP contribution in [-0.4, -0.2) is 66.5 Å². The molecular formula is C26H31N3O3. The van der Waals surface area contributed by atoms with Gasteiger partial charge in [-0.25, -0.2) is 4.90 Å². The molecule has 3 aliphatic rings. The van der Waals surface area contributed by atoms with Crippen molar-refractivity contribution in [1.29, 1.82) is 0 Å². The number of aryl methyl sites for hydroxylation is 1. The monoisotopic (exact) mass is 433 g/mol. The van der Waals surface area contributed by atoms with Crippen molar-refractivity contribution in [3.8, 4) is 5.75 Å². The molecule has 2 aliphatic heterocycles. The van der Waals surface area contributed by atoms with Gasteiger partial charge in [0.1, 0.15) is 5.75 Å². The van der Waals surface area contributed by atoms with Crippen molar-refractivity contribution in [2.24, 2.45) is 0 Å². The Balaban J connectivity index is 1.20. The third-order valence-electron chi connectivity index (χ3n) is 7.16. The molecule has 0 spiro atoms. The molecule has 1 aliphatic carbocycles. The molecule has 0 radical (unpaired) electrons. The molecule has 2 aromatic rings. The predicted octanol–water partition coefficient (Wildman–Crippen LogP) is 2.89. The van der Waals surface area contributed by atoms with Gasteiger partial charge in [-0.1, -0.05) is 24.3 Å². The van der Waals surface area contributed by atoms with Crippen LogP contribution in [0.25, 0.3) is 0 Å². The number of carbonyl (C=O) groups is 2. The second kappa shape index (κ2) is 9.04. The molecule has 2 atom stereocenters. The molecule has 168 valence electrons. The van der Waals surface area contributed by atoms with Crippen molar-refractivity contribution in [2.45, 2.75) is 44.7 Å². The summed E-state index contributed by atoms with van der Waals surface area (Å²) in [5, 5.41) is 0. The number of piperazine rings is 1. The molecule has 0 bridgehead atoms. The smallest absolute Gasteiger partial charge is 0.251 e. The Labute approximate surface area is 189 Å². The topological polar surface area (TPSA) is 53.1 Å². The van der Waals surface area contributed by atoms with Crippen molar-refractivity contribution in [3.63, 3.8) is 0 Å². The summed E-state index contributed by atoms with van der Waals surface area (Å²) in [4.78, 5) is 32.0. The van der Waals surface area contributed by atoms with Gasteiger partial charge in [-0.3, -0.25) is 19.4 Å². The number of carbonyl (C=O) groups excluding carboxylic acids is 2. The molecule has 32 heavy (non-hydrogen) atoms. The van der Waals surface area contributed by atoms with Crippen LogP contribution in [0.4, 0.5) is 5.69 Å². The highest BCUT2D eigenvalue weighted by molar-refractivity contribution is 6.22. The molecule has 2 fully saturated rings. The van der Waals surface area contributed by atoms with E-state index in [1.54, 1.807) is 12.1 Å². The Hall–Kier alpha value is -2.70. The quantitative estimate of drug-likeness (QED) is 0.679. The predicted molar refractivity (Wildman–Crippen MR) is 124 cm³/mol. The molecule has 0 unspecified atom stereocenters. The van der Waals surface area contributed by atoms with Crippen LogP contribution in [0.5, 0.6) is 5.75 Å². The molecule has 0 N–H and O–H groups in total. The average molecular weight is 434 g/mol. The van der Waals surface area contributed by atoms with E-state index in [0.717, 1.165) is 44.8 Å². The molecule has 6 heteroatoms. The maximum Gasteiger partial charge on any atom is 0.251 e. The van der Waals surface area contributed by atoms with Crippen LogP contribution >= 0.6 is 0 Å². The first-order valence-corrected chi connectivity index (χ1v) is 11.8. The minimum atomic E-state index is -0.344. The van der Waals surface area contributed by atoms with E-state index in [1.807, 2.05) is 19.1 Å². The molecule has 6 nitrogen and oxygen atoms in total. The van der Waals surface area contributed by atoms with Gasteiger partial charge in [-0.05, 0) is 61.6 Å². The minimum Gasteiger partial charge on any atom is -0.494 e. The molecule has 2 saturated heterocycles. The van der Waals surface area contributed by atoms with Gasteiger partial charge >= 0.3 is 0 Å². The van der Waals surface area contributed by atoms with E-state index < -0.39 is 0 Å². The van der Waals surface area contributed by atoms with Crippen LogP contribution in [-0.2, 0) is 22.4 Å². The number of fused-ring (bicyclic) bond motifs is 1. The minimum absolute atomic E-state index is 0.0980. The molecule has 2 amide bonds. The Kier molecular flexibility index (Phi) is 5.98. The Morgan fingerprint density at radius 1 is 0.875 bits per heavy atom. The molecule has 2 aromatic carbocycles. The summed E-state index contributed by atoms with van der Waals surface area (Å²) in [5.74, 6) is 0.531. The second-order valence-electron chi connectivity index (χ2n) is 8.95. The number of ether oxygens (including phenoxy) is 1. The van der Waals surface area contributed by atoms with Gasteiger partial charge in [0.25, 0.3) is 5.91 Å². The molecule has 0 saturated carbocycles. The first-order valence-electron chi connectivity index (χ1n) is 11.8. The van der Waals surface area contributed by atoms with E-state index >= 15 is 0 Å². The van der Waals surface area contributed by atoms with Crippen molar-refractivity contribution < 1.29 is 14.3 Å². The third kappa shape index (κ3) is 4.05. The number of anilines is 1. The summed E-state index contributed by atoms with van der Waals surface area (Å²) in [6, 6.07) is 16.2. The van der Waals surface area contributed by atoms with Crippen molar-refractivity contribution in [2.75, 3.05) is 37.7 Å². The lowest BCUT2D eigenvalue weighted by atomic mass is 9.87. The van der Waals surface area contributed by atoms with Gasteiger partial charge in [-0.2, -0.15) is 0 Å². The van der Waals surface area contributed by atoms with Crippen molar-refractivity contribution in [1.82, 2.24) is 9.80 Å². The van der Waals surface area contributed by atoms with Crippen LogP contribution < -0.4 is 9.64 Å². The number of amides is 2. The fraction of sp³-hybridized carbons (Fsp3) is 0.462. The van der Waals surface area contributed by atoms with Crippen molar-refractivity contribution >= 4 is 17.5 Å². The summed E-state index contributed by atoms with van der Waals surface area (Å²) >= 11 is 0. The lowest BCUT2D eigenvalue weighted by Crippen LogP contribution is -2.55. The number of hydrogen-bond donors (Lipinski definition) is 0. The summed E-state index contributed by atoms with van der Waals surface area (Å²) in [6.07, 6.45) is 3.72. The van der Waals surface area contributed by atoms with E-state index in [4.69, 9.17) is 4.74 Å². The van der Waals surface area contributed by atoms with Gasteiger partial charge in [0.05, 0.1) is 24.8 Å². The van der Waals surface area contributed by atoms with Crippen LogP contribution in [0, 0.1) is 0 Å². The Morgan fingerprint density at radius 3 is 2.28 bits per heavy atom. The Bertz CT molecular complexity index is 982. The maximum absolute atomic E-state index is 13.2. The number of benzene rings is 2. The molecule has 5 rings (SSSR count). The summed E-state index contributed by atoms with van der Waals surface area (Å²) in [6.45, 7) is 6.08. The molecule has 2 heterocycles. The van der Waals surface area contributed by atoms with E-state index in [0.29, 0.717) is 18.3 Å². The number of rotatable bonds is 5. The van der Waals surface area contributed by atoms with Gasteiger partial charge in [0, 0.05) is 32.2 Å². The van der Waals surface area contributed by atoms with Gasteiger partial charge < -0.3 is 4.74 Å². The first-order chi connectivity index (χ1) is 15.6. The van der Waals surface area contributed by atoms with Gasteiger partial charge in [0.2, 0.25) is 5.91 Å². The highest BCUT2D eigenvalue weighted by atomic mass is 16.5. The maximum atomic E-state index is 13.2. The fourth-order valence-corrected chi connectivity index (χ4v) is 5.43. The van der Waals surface area contributed by atoms with Gasteiger partial charge in [0.15, 0.2) is 0 Å². The Morgan fingerprint density at radius 2 is 1.56 bits per heavy atom. The van der Waals surface area contributed by atoms with E-state index in [2.05, 4.69) is 34.1 Å². The normalized spacial score (nSPS) is 24.6. The number of hydrogen-bond acceptors (Lipinski definition) is 5. The fourth-order valence-electron chi connectivity index (χ4n) is 5.43. The highest BCUT2D eigenvalue weighted by Crippen LogP contribution is 2.29. The zero-order valence-corrected chi connectivity index (χ0v) is 18.7. The molecular weight excluding hydrogens is 402 g/mol. The SMILES string of the molecule is CCOc1ccc(N2C(=O)C[C@@H](N3CCN([C@H]4CCc5ccccc5C4)CC3)C2=O)cc1.